The zero-order valence-corrected chi connectivity index (χ0v) is 13.3. The molecular weight excluding hydrogens is 280 g/mol. The summed E-state index contributed by atoms with van der Waals surface area (Å²) in [7, 11) is 0. The molecule has 3 rings (SSSR count). The summed E-state index contributed by atoms with van der Waals surface area (Å²) in [6.07, 6.45) is 5.55. The fraction of sp³-hybridized carbons (Fsp3) is 0.688. The van der Waals surface area contributed by atoms with Crippen molar-refractivity contribution in [1.29, 1.82) is 0 Å². The first-order chi connectivity index (χ1) is 10.6. The van der Waals surface area contributed by atoms with Crippen molar-refractivity contribution in [2.45, 2.75) is 32.6 Å². The summed E-state index contributed by atoms with van der Waals surface area (Å²) in [5.74, 6) is 1.39. The van der Waals surface area contributed by atoms with Crippen molar-refractivity contribution in [1.82, 2.24) is 14.9 Å². The molecule has 22 heavy (non-hydrogen) atoms. The summed E-state index contributed by atoms with van der Waals surface area (Å²) in [4.78, 5) is 22.3. The third kappa shape index (κ3) is 3.38. The highest BCUT2D eigenvalue weighted by atomic mass is 16.5. The van der Waals surface area contributed by atoms with Gasteiger partial charge in [-0.2, -0.15) is 0 Å². The molecule has 2 aliphatic rings. The van der Waals surface area contributed by atoms with E-state index >= 15 is 0 Å². The molecule has 2 fully saturated rings. The fourth-order valence-corrected chi connectivity index (χ4v) is 3.01. The summed E-state index contributed by atoms with van der Waals surface area (Å²) in [6, 6.07) is 0. The van der Waals surface area contributed by atoms with E-state index in [1.54, 1.807) is 13.1 Å². The van der Waals surface area contributed by atoms with Gasteiger partial charge in [0.05, 0.1) is 25.1 Å². The van der Waals surface area contributed by atoms with Crippen molar-refractivity contribution < 1.29 is 9.53 Å². The van der Waals surface area contributed by atoms with Crippen molar-refractivity contribution in [2.75, 3.05) is 38.2 Å². The molecule has 0 aliphatic carbocycles. The van der Waals surface area contributed by atoms with Gasteiger partial charge in [0.25, 0.3) is 0 Å². The number of aromatic nitrogens is 2. The monoisotopic (exact) mass is 304 g/mol. The number of nitrogens with zero attached hydrogens (tertiary/aromatic N) is 3. The third-order valence-corrected chi connectivity index (χ3v) is 4.61. The number of rotatable bonds is 4. The highest BCUT2D eigenvalue weighted by molar-refractivity contribution is 5.73. The van der Waals surface area contributed by atoms with Crippen LogP contribution in [0.15, 0.2) is 12.4 Å². The molecule has 6 heteroatoms. The van der Waals surface area contributed by atoms with Gasteiger partial charge in [0, 0.05) is 44.1 Å². The predicted octanol–water partition coefficient (Wildman–Crippen LogP) is 1.65. The van der Waals surface area contributed by atoms with Crippen molar-refractivity contribution in [3.05, 3.63) is 18.1 Å². The molecule has 0 spiro atoms. The molecular formula is C16H24N4O2. The number of nitrogens with one attached hydrogen (secondary N) is 1. The van der Waals surface area contributed by atoms with Crippen LogP contribution in [-0.2, 0) is 9.53 Å². The van der Waals surface area contributed by atoms with E-state index in [1.165, 1.54) is 0 Å². The number of ether oxygens (including phenoxy) is 1. The van der Waals surface area contributed by atoms with Crippen LogP contribution in [0.4, 0.5) is 5.82 Å². The molecule has 0 radical (unpaired) electrons. The molecule has 1 aromatic heterocycles. The van der Waals surface area contributed by atoms with Crippen LogP contribution in [0.1, 0.15) is 38.3 Å². The van der Waals surface area contributed by atoms with Crippen LogP contribution in [-0.4, -0.2) is 53.6 Å². The van der Waals surface area contributed by atoms with Crippen LogP contribution < -0.4 is 5.32 Å². The standard InChI is InChI=1S/C16H24N4O2/c1-12(21)20-5-3-13(4-6-20)14-7-17-8-15(19-14)18-9-16(2)10-22-11-16/h7-8,13H,3-6,9-11H2,1-2H3,(H,18,19). The molecule has 0 bridgehead atoms. The smallest absolute Gasteiger partial charge is 0.219 e. The van der Waals surface area contributed by atoms with Crippen LogP contribution in [0.2, 0.25) is 0 Å². The predicted molar refractivity (Wildman–Crippen MR) is 83.7 cm³/mol. The Labute approximate surface area is 131 Å². The highest BCUT2D eigenvalue weighted by Crippen LogP contribution is 2.28. The van der Waals surface area contributed by atoms with Gasteiger partial charge < -0.3 is 15.0 Å². The van der Waals surface area contributed by atoms with E-state index in [4.69, 9.17) is 9.72 Å². The number of anilines is 1. The number of likely N-dealkylation sites (tertiary alicyclic amines) is 1. The lowest BCUT2D eigenvalue weighted by Gasteiger charge is -2.38. The molecule has 0 aromatic carbocycles. The van der Waals surface area contributed by atoms with Crippen molar-refractivity contribution in [2.24, 2.45) is 5.41 Å². The minimum Gasteiger partial charge on any atom is -0.380 e. The Balaban J connectivity index is 1.58. The minimum atomic E-state index is 0.163. The lowest BCUT2D eigenvalue weighted by molar-refractivity contribution is -0.129. The number of amides is 1. The Kier molecular flexibility index (Phi) is 4.29. The van der Waals surface area contributed by atoms with Crippen molar-refractivity contribution >= 4 is 11.7 Å². The van der Waals surface area contributed by atoms with Crippen LogP contribution in [0.3, 0.4) is 0 Å². The van der Waals surface area contributed by atoms with Gasteiger partial charge in [-0.1, -0.05) is 6.92 Å². The zero-order chi connectivity index (χ0) is 15.6. The molecule has 6 nitrogen and oxygen atoms in total. The summed E-state index contributed by atoms with van der Waals surface area (Å²) in [6.45, 7) is 7.93. The zero-order valence-electron chi connectivity index (χ0n) is 13.3. The Morgan fingerprint density at radius 2 is 2.14 bits per heavy atom. The first-order valence-electron chi connectivity index (χ1n) is 7.95. The van der Waals surface area contributed by atoms with Gasteiger partial charge in [-0.25, -0.2) is 4.98 Å². The SMILES string of the molecule is CC(=O)N1CCC(c2cncc(NCC3(C)COC3)n2)CC1. The second-order valence-electron chi connectivity index (χ2n) is 6.77. The first kappa shape index (κ1) is 15.2. The normalized spacial score (nSPS) is 21.3. The topological polar surface area (TPSA) is 67.4 Å². The van der Waals surface area contributed by atoms with E-state index in [9.17, 15) is 4.79 Å². The highest BCUT2D eigenvalue weighted by Gasteiger charge is 2.33. The Hall–Kier alpha value is -1.69. The quantitative estimate of drug-likeness (QED) is 0.916. The van der Waals surface area contributed by atoms with Crippen molar-refractivity contribution in [3.63, 3.8) is 0 Å². The van der Waals surface area contributed by atoms with E-state index in [0.29, 0.717) is 5.92 Å². The Morgan fingerprint density at radius 3 is 2.73 bits per heavy atom. The second-order valence-corrected chi connectivity index (χ2v) is 6.77. The maximum absolute atomic E-state index is 11.4. The Morgan fingerprint density at radius 1 is 1.41 bits per heavy atom. The molecule has 0 saturated carbocycles. The van der Waals surface area contributed by atoms with Gasteiger partial charge in [-0.15, -0.1) is 0 Å². The van der Waals surface area contributed by atoms with Gasteiger partial charge in [0.1, 0.15) is 5.82 Å². The molecule has 1 amide bonds. The fourth-order valence-electron chi connectivity index (χ4n) is 3.01. The second kappa shape index (κ2) is 6.20. The molecule has 0 unspecified atom stereocenters. The average molecular weight is 304 g/mol. The summed E-state index contributed by atoms with van der Waals surface area (Å²) >= 11 is 0. The Bertz CT molecular complexity index is 537. The molecule has 120 valence electrons. The molecule has 2 aliphatic heterocycles. The molecule has 1 aromatic rings. The first-order valence-corrected chi connectivity index (χ1v) is 7.95. The van der Waals surface area contributed by atoms with Crippen molar-refractivity contribution in [3.8, 4) is 0 Å². The number of hydrogen-bond acceptors (Lipinski definition) is 5. The maximum atomic E-state index is 11.4. The number of carbonyl (C=O) groups excluding carboxylic acids is 1. The van der Waals surface area contributed by atoms with Crippen LogP contribution in [0, 0.1) is 5.41 Å². The third-order valence-electron chi connectivity index (χ3n) is 4.61. The van der Waals surface area contributed by atoms with Gasteiger partial charge in [0.15, 0.2) is 0 Å². The van der Waals surface area contributed by atoms with E-state index in [1.807, 2.05) is 11.1 Å². The largest absolute Gasteiger partial charge is 0.380 e. The molecule has 1 N–H and O–H groups in total. The number of carbonyl (C=O) groups is 1. The van der Waals surface area contributed by atoms with Crippen LogP contribution in [0.25, 0.3) is 0 Å². The van der Waals surface area contributed by atoms with Gasteiger partial charge in [-0.05, 0) is 12.8 Å². The molecule has 3 heterocycles. The van der Waals surface area contributed by atoms with Gasteiger partial charge in [0.2, 0.25) is 5.91 Å². The average Bonchev–Trinajstić information content (AvgIpc) is 2.51. The molecule has 2 saturated heterocycles. The van der Waals surface area contributed by atoms with Gasteiger partial charge >= 0.3 is 0 Å². The van der Waals surface area contributed by atoms with E-state index in [0.717, 1.165) is 57.2 Å². The summed E-state index contributed by atoms with van der Waals surface area (Å²) in [5, 5.41) is 3.38. The van der Waals surface area contributed by atoms with E-state index in [2.05, 4.69) is 17.2 Å². The number of hydrogen-bond donors (Lipinski definition) is 1. The van der Waals surface area contributed by atoms with Crippen LogP contribution >= 0.6 is 0 Å². The maximum Gasteiger partial charge on any atom is 0.219 e. The minimum absolute atomic E-state index is 0.163. The lowest BCUT2D eigenvalue weighted by atomic mass is 9.89. The lowest BCUT2D eigenvalue weighted by Crippen LogP contribution is -2.45. The van der Waals surface area contributed by atoms with E-state index in [-0.39, 0.29) is 11.3 Å². The molecule has 0 atom stereocenters. The summed E-state index contributed by atoms with van der Waals surface area (Å²) in [5.41, 5.74) is 1.24. The van der Waals surface area contributed by atoms with Crippen LogP contribution in [0.5, 0.6) is 0 Å². The van der Waals surface area contributed by atoms with Gasteiger partial charge in [-0.3, -0.25) is 9.78 Å². The summed E-state index contributed by atoms with van der Waals surface area (Å²) < 4.78 is 5.27. The number of piperidine rings is 1. The van der Waals surface area contributed by atoms with E-state index < -0.39 is 0 Å².